The Kier molecular flexibility index (Phi) is 5.09. The van der Waals surface area contributed by atoms with E-state index in [0.29, 0.717) is 34.2 Å². The van der Waals surface area contributed by atoms with Gasteiger partial charge in [-0.25, -0.2) is 4.79 Å². The summed E-state index contributed by atoms with van der Waals surface area (Å²) in [4.78, 5) is 15.8. The van der Waals surface area contributed by atoms with Crippen LogP contribution in [-0.4, -0.2) is 25.6 Å². The molecule has 5 nitrogen and oxygen atoms in total. The van der Waals surface area contributed by atoms with E-state index in [2.05, 4.69) is 20.9 Å². The number of amides is 2. The number of nitrogens with one attached hydrogen (secondary N) is 3. The van der Waals surface area contributed by atoms with Gasteiger partial charge in [-0.2, -0.15) is 0 Å². The molecule has 0 radical (unpaired) electrons. The maximum absolute atomic E-state index is 11.4. The molecule has 1 fully saturated rings. The Hall–Kier alpha value is -1.46. The molecule has 0 saturated heterocycles. The first-order valence-corrected chi connectivity index (χ1v) is 7.09. The highest BCUT2D eigenvalue weighted by Gasteiger charge is 2.21. The minimum atomic E-state index is -0.336. The first-order chi connectivity index (χ1) is 9.58. The SMILES string of the molecule is CNC(=O)NC(=NCC1CC1)Nc1ccc(Cl)cc1Cl. The number of carbonyl (C=O) groups is 1. The van der Waals surface area contributed by atoms with Crippen LogP contribution in [0.2, 0.25) is 10.0 Å². The summed E-state index contributed by atoms with van der Waals surface area (Å²) in [6.45, 7) is 0.692. The molecule has 0 unspecified atom stereocenters. The number of anilines is 1. The maximum Gasteiger partial charge on any atom is 0.321 e. The number of aliphatic imine (C=N–C) groups is 1. The van der Waals surface area contributed by atoms with Crippen molar-refractivity contribution in [2.24, 2.45) is 10.9 Å². The molecule has 2 rings (SSSR count). The van der Waals surface area contributed by atoms with Crippen LogP contribution >= 0.6 is 23.2 Å². The number of hydrogen-bond acceptors (Lipinski definition) is 2. The Bertz CT molecular complexity index is 529. The van der Waals surface area contributed by atoms with Gasteiger partial charge in [-0.1, -0.05) is 23.2 Å². The van der Waals surface area contributed by atoms with E-state index in [4.69, 9.17) is 23.2 Å². The normalized spacial score (nSPS) is 14.8. The van der Waals surface area contributed by atoms with Gasteiger partial charge in [0.15, 0.2) is 0 Å². The number of guanidine groups is 1. The number of hydrogen-bond donors (Lipinski definition) is 3. The molecule has 3 N–H and O–H groups in total. The van der Waals surface area contributed by atoms with Crippen molar-refractivity contribution in [2.45, 2.75) is 12.8 Å². The second kappa shape index (κ2) is 6.81. The molecule has 1 aromatic carbocycles. The number of carbonyl (C=O) groups excluding carboxylic acids is 1. The molecule has 2 amide bonds. The van der Waals surface area contributed by atoms with Gasteiger partial charge in [-0.3, -0.25) is 10.3 Å². The summed E-state index contributed by atoms with van der Waals surface area (Å²) in [6, 6.07) is 4.75. The lowest BCUT2D eigenvalue weighted by Crippen LogP contribution is -2.41. The van der Waals surface area contributed by atoms with Crippen LogP contribution in [-0.2, 0) is 0 Å². The number of nitrogens with zero attached hydrogens (tertiary/aromatic N) is 1. The number of halogens is 2. The number of benzene rings is 1. The van der Waals surface area contributed by atoms with Gasteiger partial charge in [0.25, 0.3) is 0 Å². The standard InChI is InChI=1S/C13H16Cl2N4O/c1-16-13(20)19-12(17-7-8-2-3-8)18-11-5-4-9(14)6-10(11)15/h4-6,8H,2-3,7H2,1H3,(H3,16,17,18,19,20). The summed E-state index contributed by atoms with van der Waals surface area (Å²) in [5.41, 5.74) is 0.641. The van der Waals surface area contributed by atoms with E-state index in [0.717, 1.165) is 0 Å². The minimum absolute atomic E-state index is 0.336. The fourth-order valence-electron chi connectivity index (χ4n) is 1.52. The maximum atomic E-state index is 11.4. The van der Waals surface area contributed by atoms with Gasteiger partial charge in [0.05, 0.1) is 10.7 Å². The van der Waals surface area contributed by atoms with E-state index >= 15 is 0 Å². The predicted octanol–water partition coefficient (Wildman–Crippen LogP) is 3.10. The van der Waals surface area contributed by atoms with Crippen molar-refractivity contribution in [3.63, 3.8) is 0 Å². The van der Waals surface area contributed by atoms with Crippen LogP contribution in [0.1, 0.15) is 12.8 Å². The number of rotatable bonds is 3. The minimum Gasteiger partial charge on any atom is -0.341 e. The van der Waals surface area contributed by atoms with Crippen molar-refractivity contribution in [1.82, 2.24) is 10.6 Å². The Labute approximate surface area is 127 Å². The molecule has 20 heavy (non-hydrogen) atoms. The van der Waals surface area contributed by atoms with Crippen molar-refractivity contribution in [1.29, 1.82) is 0 Å². The van der Waals surface area contributed by atoms with Crippen molar-refractivity contribution >= 4 is 40.9 Å². The third-order valence-corrected chi connectivity index (χ3v) is 3.40. The molecular formula is C13H16Cl2N4O. The second-order valence-corrected chi connectivity index (χ2v) is 5.43. The summed E-state index contributed by atoms with van der Waals surface area (Å²) in [7, 11) is 1.54. The highest BCUT2D eigenvalue weighted by atomic mass is 35.5. The molecule has 0 aliphatic heterocycles. The van der Waals surface area contributed by atoms with Crippen LogP contribution in [0.5, 0.6) is 0 Å². The molecule has 0 spiro atoms. The van der Waals surface area contributed by atoms with E-state index in [1.165, 1.54) is 12.8 Å². The lowest BCUT2D eigenvalue weighted by atomic mass is 10.3. The van der Waals surface area contributed by atoms with Crippen LogP contribution in [0.3, 0.4) is 0 Å². The van der Waals surface area contributed by atoms with Gasteiger partial charge in [0.1, 0.15) is 0 Å². The molecule has 1 aliphatic rings. The molecular weight excluding hydrogens is 299 g/mol. The zero-order chi connectivity index (χ0) is 14.5. The van der Waals surface area contributed by atoms with Crippen molar-refractivity contribution in [3.05, 3.63) is 28.2 Å². The highest BCUT2D eigenvalue weighted by Crippen LogP contribution is 2.29. The average Bonchev–Trinajstić information content (AvgIpc) is 3.23. The molecule has 7 heteroatoms. The van der Waals surface area contributed by atoms with E-state index in [1.807, 2.05) is 0 Å². The van der Waals surface area contributed by atoms with Crippen molar-refractivity contribution in [3.8, 4) is 0 Å². The van der Waals surface area contributed by atoms with E-state index in [9.17, 15) is 4.79 Å². The van der Waals surface area contributed by atoms with Gasteiger partial charge < -0.3 is 10.6 Å². The van der Waals surface area contributed by atoms with Crippen LogP contribution in [0.15, 0.2) is 23.2 Å². The molecule has 108 valence electrons. The predicted molar refractivity (Wildman–Crippen MR) is 82.7 cm³/mol. The van der Waals surface area contributed by atoms with Gasteiger partial charge in [-0.05, 0) is 37.0 Å². The van der Waals surface area contributed by atoms with Crippen LogP contribution in [0.25, 0.3) is 0 Å². The molecule has 1 aliphatic carbocycles. The fraction of sp³-hybridized carbons (Fsp3) is 0.385. The molecule has 1 saturated carbocycles. The van der Waals surface area contributed by atoms with Gasteiger partial charge >= 0.3 is 6.03 Å². The Morgan fingerprint density at radius 2 is 2.15 bits per heavy atom. The second-order valence-electron chi connectivity index (χ2n) is 4.59. The molecule has 1 aromatic rings. The molecule has 0 bridgehead atoms. The first kappa shape index (κ1) is 14.9. The van der Waals surface area contributed by atoms with Gasteiger partial charge in [0, 0.05) is 18.6 Å². The zero-order valence-corrected chi connectivity index (χ0v) is 12.6. The van der Waals surface area contributed by atoms with E-state index in [-0.39, 0.29) is 6.03 Å². The summed E-state index contributed by atoms with van der Waals surface area (Å²) < 4.78 is 0. The lowest BCUT2D eigenvalue weighted by molar-refractivity contribution is 0.247. The van der Waals surface area contributed by atoms with Crippen molar-refractivity contribution in [2.75, 3.05) is 18.9 Å². The third kappa shape index (κ3) is 4.58. The Balaban J connectivity index is 2.08. The third-order valence-electron chi connectivity index (χ3n) is 2.85. The summed E-state index contributed by atoms with van der Waals surface area (Å²) in [5.74, 6) is 0.999. The number of urea groups is 1. The molecule has 0 aromatic heterocycles. The monoisotopic (exact) mass is 314 g/mol. The molecule has 0 atom stereocenters. The lowest BCUT2D eigenvalue weighted by Gasteiger charge is -2.12. The quantitative estimate of drug-likeness (QED) is 0.593. The Morgan fingerprint density at radius 1 is 1.40 bits per heavy atom. The van der Waals surface area contributed by atoms with E-state index < -0.39 is 0 Å². The topological polar surface area (TPSA) is 65.5 Å². The van der Waals surface area contributed by atoms with Gasteiger partial charge in [0.2, 0.25) is 5.96 Å². The summed E-state index contributed by atoms with van der Waals surface area (Å²) in [5, 5.41) is 9.15. The summed E-state index contributed by atoms with van der Waals surface area (Å²) >= 11 is 11.9. The van der Waals surface area contributed by atoms with Crippen LogP contribution < -0.4 is 16.0 Å². The highest BCUT2D eigenvalue weighted by molar-refractivity contribution is 6.36. The average molecular weight is 315 g/mol. The largest absolute Gasteiger partial charge is 0.341 e. The first-order valence-electron chi connectivity index (χ1n) is 6.33. The Morgan fingerprint density at radius 3 is 2.75 bits per heavy atom. The fourth-order valence-corrected chi connectivity index (χ4v) is 1.98. The molecule has 0 heterocycles. The zero-order valence-electron chi connectivity index (χ0n) is 11.0. The smallest absolute Gasteiger partial charge is 0.321 e. The van der Waals surface area contributed by atoms with Crippen molar-refractivity contribution < 1.29 is 4.79 Å². The van der Waals surface area contributed by atoms with Gasteiger partial charge in [-0.15, -0.1) is 0 Å². The summed E-state index contributed by atoms with van der Waals surface area (Å²) in [6.07, 6.45) is 2.39. The van der Waals surface area contributed by atoms with Crippen LogP contribution in [0, 0.1) is 5.92 Å². The van der Waals surface area contributed by atoms with E-state index in [1.54, 1.807) is 25.2 Å². The van der Waals surface area contributed by atoms with Crippen LogP contribution in [0.4, 0.5) is 10.5 Å².